The number of methoxy groups -OCH3 is 1. The largest absolute Gasteiger partial charge is 0.383 e. The topological polar surface area (TPSA) is 21.3 Å². The summed E-state index contributed by atoms with van der Waals surface area (Å²) < 4.78 is 8.00. The van der Waals surface area contributed by atoms with Crippen LogP contribution in [0, 0.1) is 0 Å². The second kappa shape index (κ2) is 5.07. The fraction of sp³-hybridized carbons (Fsp3) is 0.455. The number of likely N-dealkylation sites (N-methyl/N-ethyl adjacent to an activating group) is 1. The first-order valence-corrected chi connectivity index (χ1v) is 6.74. The van der Waals surface area contributed by atoms with Gasteiger partial charge in [0.2, 0.25) is 0 Å². The Hall–Kier alpha value is -0.420. The molecule has 2 aromatic rings. The van der Waals surface area contributed by atoms with Crippen LogP contribution in [0.2, 0.25) is 0 Å². The van der Waals surface area contributed by atoms with Crippen LogP contribution >= 0.6 is 22.7 Å². The van der Waals surface area contributed by atoms with E-state index in [1.807, 2.05) is 11.3 Å². The number of rotatable bonds is 5. The molecule has 0 radical (unpaired) electrons. The molecule has 1 unspecified atom stereocenters. The third-order valence-electron chi connectivity index (χ3n) is 2.29. The zero-order valence-corrected chi connectivity index (χ0v) is 10.6. The maximum absolute atomic E-state index is 5.23. The summed E-state index contributed by atoms with van der Waals surface area (Å²) in [5.41, 5.74) is 0. The lowest BCUT2D eigenvalue weighted by Crippen LogP contribution is -2.23. The number of hydrogen-bond donors (Lipinski definition) is 1. The van der Waals surface area contributed by atoms with E-state index in [0.717, 1.165) is 13.2 Å². The predicted molar refractivity (Wildman–Crippen MR) is 68.0 cm³/mol. The average molecular weight is 241 g/mol. The second-order valence-electron chi connectivity index (χ2n) is 3.36. The molecule has 2 nitrogen and oxygen atoms in total. The zero-order chi connectivity index (χ0) is 10.7. The molecule has 1 N–H and O–H groups in total. The van der Waals surface area contributed by atoms with E-state index in [-0.39, 0.29) is 0 Å². The molecular formula is C11H15NOS2. The molecule has 2 aromatic heterocycles. The highest BCUT2D eigenvalue weighted by atomic mass is 32.1. The minimum absolute atomic E-state index is 0.338. The van der Waals surface area contributed by atoms with Gasteiger partial charge in [0.1, 0.15) is 0 Å². The summed E-state index contributed by atoms with van der Waals surface area (Å²) in [4.78, 5) is 1.38. The fourth-order valence-electron chi connectivity index (χ4n) is 1.61. The number of hydrogen-bond acceptors (Lipinski definition) is 4. The lowest BCUT2D eigenvalue weighted by Gasteiger charge is -2.14. The lowest BCUT2D eigenvalue weighted by atomic mass is 10.2. The number of fused-ring (bicyclic) bond motifs is 1. The standard InChI is InChI=1S/C11H15NOS2/c1-3-12-8(7-13-2)10-6-11-9(15-10)4-5-14-11/h4-6,8,12H,3,7H2,1-2H3. The maximum atomic E-state index is 5.23. The third kappa shape index (κ3) is 2.39. The quantitative estimate of drug-likeness (QED) is 0.867. The molecule has 0 aliphatic carbocycles. The smallest absolute Gasteiger partial charge is 0.0665 e. The molecule has 0 saturated heterocycles. The molecule has 0 aromatic carbocycles. The van der Waals surface area contributed by atoms with E-state index < -0.39 is 0 Å². The fourth-order valence-corrected chi connectivity index (χ4v) is 3.79. The number of ether oxygens (including phenoxy) is 1. The van der Waals surface area contributed by atoms with Crippen molar-refractivity contribution in [1.29, 1.82) is 0 Å². The molecule has 0 aliphatic heterocycles. The second-order valence-corrected chi connectivity index (χ2v) is 5.43. The van der Waals surface area contributed by atoms with Crippen molar-refractivity contribution in [3.63, 3.8) is 0 Å². The van der Waals surface area contributed by atoms with Crippen molar-refractivity contribution in [3.8, 4) is 0 Å². The molecule has 2 heterocycles. The van der Waals surface area contributed by atoms with Crippen LogP contribution < -0.4 is 5.32 Å². The molecule has 0 bridgehead atoms. The molecule has 0 saturated carbocycles. The van der Waals surface area contributed by atoms with E-state index in [1.54, 1.807) is 18.4 Å². The SMILES string of the molecule is CCNC(COC)c1cc2sccc2s1. The van der Waals surface area contributed by atoms with Crippen LogP contribution in [0.25, 0.3) is 9.40 Å². The van der Waals surface area contributed by atoms with Crippen molar-refractivity contribution >= 4 is 32.1 Å². The Morgan fingerprint density at radius 1 is 1.47 bits per heavy atom. The first-order chi connectivity index (χ1) is 7.35. The molecule has 0 aliphatic rings. The van der Waals surface area contributed by atoms with Crippen LogP contribution in [0.5, 0.6) is 0 Å². The van der Waals surface area contributed by atoms with Gasteiger partial charge < -0.3 is 10.1 Å². The Bertz CT molecular complexity index is 386. The highest BCUT2D eigenvalue weighted by Gasteiger charge is 2.13. The van der Waals surface area contributed by atoms with E-state index in [0.29, 0.717) is 6.04 Å². The monoisotopic (exact) mass is 241 g/mol. The van der Waals surface area contributed by atoms with Crippen LogP contribution in [0.1, 0.15) is 17.8 Å². The Labute approximate surface area is 97.9 Å². The summed E-state index contributed by atoms with van der Waals surface area (Å²) in [6, 6.07) is 4.80. The normalized spacial score (nSPS) is 13.5. The van der Waals surface area contributed by atoms with Crippen LogP contribution in [0.4, 0.5) is 0 Å². The van der Waals surface area contributed by atoms with Crippen LogP contribution in [0.15, 0.2) is 17.5 Å². The molecule has 82 valence electrons. The Kier molecular flexibility index (Phi) is 3.75. The third-order valence-corrected chi connectivity index (χ3v) is 4.49. The van der Waals surface area contributed by atoms with Crippen molar-refractivity contribution in [3.05, 3.63) is 22.4 Å². The zero-order valence-electron chi connectivity index (χ0n) is 8.95. The molecule has 2 rings (SSSR count). The molecule has 0 fully saturated rings. The average Bonchev–Trinajstić information content (AvgIpc) is 2.76. The summed E-state index contributed by atoms with van der Waals surface area (Å²) in [5, 5.41) is 5.58. The minimum Gasteiger partial charge on any atom is -0.383 e. The highest BCUT2D eigenvalue weighted by Crippen LogP contribution is 2.33. The highest BCUT2D eigenvalue weighted by molar-refractivity contribution is 7.26. The summed E-state index contributed by atoms with van der Waals surface area (Å²) in [6.07, 6.45) is 0. The van der Waals surface area contributed by atoms with E-state index >= 15 is 0 Å². The van der Waals surface area contributed by atoms with Gasteiger partial charge in [0, 0.05) is 21.4 Å². The van der Waals surface area contributed by atoms with Gasteiger partial charge in [0.15, 0.2) is 0 Å². The summed E-state index contributed by atoms with van der Waals surface area (Å²) in [6.45, 7) is 3.83. The van der Waals surface area contributed by atoms with Crippen LogP contribution in [0.3, 0.4) is 0 Å². The summed E-state index contributed by atoms with van der Waals surface area (Å²) >= 11 is 3.66. The van der Waals surface area contributed by atoms with Crippen molar-refractivity contribution in [2.24, 2.45) is 0 Å². The van der Waals surface area contributed by atoms with Gasteiger partial charge in [-0.3, -0.25) is 0 Å². The lowest BCUT2D eigenvalue weighted by molar-refractivity contribution is 0.169. The van der Waals surface area contributed by atoms with E-state index in [1.165, 1.54) is 14.3 Å². The van der Waals surface area contributed by atoms with Gasteiger partial charge in [0.25, 0.3) is 0 Å². The molecule has 0 spiro atoms. The minimum atomic E-state index is 0.338. The molecule has 15 heavy (non-hydrogen) atoms. The van der Waals surface area contributed by atoms with Gasteiger partial charge in [-0.05, 0) is 24.1 Å². The first kappa shape index (κ1) is 11.1. The summed E-state index contributed by atoms with van der Waals surface area (Å²) in [7, 11) is 1.75. The van der Waals surface area contributed by atoms with Gasteiger partial charge in [-0.15, -0.1) is 22.7 Å². The van der Waals surface area contributed by atoms with Crippen molar-refractivity contribution in [1.82, 2.24) is 5.32 Å². The number of nitrogens with one attached hydrogen (secondary N) is 1. The Balaban J connectivity index is 2.22. The van der Waals surface area contributed by atoms with Crippen molar-refractivity contribution in [2.45, 2.75) is 13.0 Å². The van der Waals surface area contributed by atoms with Crippen LogP contribution in [-0.4, -0.2) is 20.3 Å². The molecule has 1 atom stereocenters. The van der Waals surface area contributed by atoms with Crippen molar-refractivity contribution in [2.75, 3.05) is 20.3 Å². The molecule has 4 heteroatoms. The van der Waals surface area contributed by atoms with Gasteiger partial charge in [0.05, 0.1) is 12.6 Å². The van der Waals surface area contributed by atoms with Gasteiger partial charge in [-0.25, -0.2) is 0 Å². The van der Waals surface area contributed by atoms with Gasteiger partial charge in [-0.2, -0.15) is 0 Å². The van der Waals surface area contributed by atoms with E-state index in [4.69, 9.17) is 4.74 Å². The molecule has 0 amide bonds. The summed E-state index contributed by atoms with van der Waals surface area (Å²) in [5.74, 6) is 0. The Morgan fingerprint density at radius 2 is 2.33 bits per heavy atom. The van der Waals surface area contributed by atoms with Gasteiger partial charge >= 0.3 is 0 Å². The maximum Gasteiger partial charge on any atom is 0.0665 e. The van der Waals surface area contributed by atoms with E-state index in [2.05, 4.69) is 29.8 Å². The van der Waals surface area contributed by atoms with Gasteiger partial charge in [-0.1, -0.05) is 6.92 Å². The first-order valence-electron chi connectivity index (χ1n) is 5.04. The number of thiophene rings is 2. The van der Waals surface area contributed by atoms with Crippen LogP contribution in [-0.2, 0) is 4.74 Å². The Morgan fingerprint density at radius 3 is 3.00 bits per heavy atom. The molecular weight excluding hydrogens is 226 g/mol. The van der Waals surface area contributed by atoms with Crippen molar-refractivity contribution < 1.29 is 4.74 Å². The predicted octanol–water partition coefficient (Wildman–Crippen LogP) is 3.26. The van der Waals surface area contributed by atoms with E-state index in [9.17, 15) is 0 Å².